The lowest BCUT2D eigenvalue weighted by Crippen LogP contribution is -2.56. The van der Waals surface area contributed by atoms with Gasteiger partial charge in [-0.15, -0.1) is 0 Å². The van der Waals surface area contributed by atoms with Crippen LogP contribution in [0.5, 0.6) is 0 Å². The number of nitrogens with zero attached hydrogens (tertiary/aromatic N) is 4. The summed E-state index contributed by atoms with van der Waals surface area (Å²) in [6.45, 7) is 2.76. The van der Waals surface area contributed by atoms with Gasteiger partial charge in [0.05, 0.1) is 18.6 Å². The van der Waals surface area contributed by atoms with Gasteiger partial charge in [-0.2, -0.15) is 4.98 Å². The van der Waals surface area contributed by atoms with Crippen LogP contribution in [0.4, 0.5) is 17.5 Å². The summed E-state index contributed by atoms with van der Waals surface area (Å²) in [6, 6.07) is 10.5. The Morgan fingerprint density at radius 1 is 1.21 bits per heavy atom. The number of amidine groups is 1. The second-order valence-corrected chi connectivity index (χ2v) is 7.40. The molecule has 0 saturated heterocycles. The molecule has 2 heterocycles. The van der Waals surface area contributed by atoms with Gasteiger partial charge >= 0.3 is 0 Å². The van der Waals surface area contributed by atoms with Crippen LogP contribution >= 0.6 is 0 Å². The van der Waals surface area contributed by atoms with E-state index >= 15 is 0 Å². The van der Waals surface area contributed by atoms with Crippen LogP contribution in [-0.2, 0) is 6.54 Å². The molecule has 2 aromatic rings. The molecule has 1 unspecified atom stereocenters. The number of rotatable bonds is 6. The fourth-order valence-electron chi connectivity index (χ4n) is 4.30. The number of aromatic nitrogens is 2. The first-order valence-electron chi connectivity index (χ1n) is 10.0. The highest BCUT2D eigenvalue weighted by Gasteiger charge is 2.40. The van der Waals surface area contributed by atoms with E-state index in [9.17, 15) is 0 Å². The lowest BCUT2D eigenvalue weighted by atomic mass is 10.0. The first kappa shape index (κ1) is 18.4. The minimum atomic E-state index is -0.0610. The van der Waals surface area contributed by atoms with Crippen LogP contribution in [-0.4, -0.2) is 34.2 Å². The van der Waals surface area contributed by atoms with E-state index in [2.05, 4.69) is 34.3 Å². The van der Waals surface area contributed by atoms with Crippen molar-refractivity contribution in [3.8, 4) is 0 Å². The summed E-state index contributed by atoms with van der Waals surface area (Å²) < 4.78 is 0. The summed E-state index contributed by atoms with van der Waals surface area (Å²) in [5, 5.41) is 19.8. The summed E-state index contributed by atoms with van der Waals surface area (Å²) in [5.74, 6) is 1.85. The van der Waals surface area contributed by atoms with Crippen molar-refractivity contribution >= 4 is 29.6 Å². The van der Waals surface area contributed by atoms with Gasteiger partial charge in [0.25, 0.3) is 0 Å². The van der Waals surface area contributed by atoms with E-state index in [0.717, 1.165) is 30.8 Å². The summed E-state index contributed by atoms with van der Waals surface area (Å²) in [7, 11) is 0. The number of hydrogen-bond donors (Lipinski definition) is 3. The molecular weight excluding hydrogens is 350 g/mol. The molecule has 1 saturated carbocycles. The maximum atomic E-state index is 8.64. The fourth-order valence-corrected chi connectivity index (χ4v) is 4.30. The van der Waals surface area contributed by atoms with Crippen LogP contribution in [0.2, 0.25) is 0 Å². The molecule has 1 fully saturated rings. The average Bonchev–Trinajstić information content (AvgIpc) is 3.26. The van der Waals surface area contributed by atoms with Gasteiger partial charge in [-0.05, 0) is 24.8 Å². The van der Waals surface area contributed by atoms with E-state index in [1.807, 2.05) is 18.2 Å². The van der Waals surface area contributed by atoms with Gasteiger partial charge in [-0.3, -0.25) is 15.7 Å². The molecule has 3 N–H and O–H groups in total. The van der Waals surface area contributed by atoms with Gasteiger partial charge < -0.3 is 10.2 Å². The lowest BCUT2D eigenvalue weighted by molar-refractivity contribution is 0.548. The first-order chi connectivity index (χ1) is 13.7. The van der Waals surface area contributed by atoms with Crippen molar-refractivity contribution in [1.29, 1.82) is 10.8 Å². The van der Waals surface area contributed by atoms with Gasteiger partial charge in [0.15, 0.2) is 5.82 Å². The van der Waals surface area contributed by atoms with Crippen molar-refractivity contribution in [1.82, 2.24) is 9.97 Å². The molecule has 2 aliphatic rings. The number of hydrogen-bond acceptors (Lipinski definition) is 6. The summed E-state index contributed by atoms with van der Waals surface area (Å²) in [5.41, 5.74) is 1.90. The Balaban J connectivity index is 1.68. The number of anilines is 3. The molecule has 1 aliphatic carbocycles. The van der Waals surface area contributed by atoms with Crippen LogP contribution in [0.3, 0.4) is 0 Å². The molecule has 1 aromatic heterocycles. The van der Waals surface area contributed by atoms with Gasteiger partial charge in [0, 0.05) is 12.6 Å². The van der Waals surface area contributed by atoms with E-state index in [-0.39, 0.29) is 6.04 Å². The van der Waals surface area contributed by atoms with E-state index in [4.69, 9.17) is 15.8 Å². The zero-order valence-electron chi connectivity index (χ0n) is 16.2. The smallest absolute Gasteiger partial charge is 0.225 e. The van der Waals surface area contributed by atoms with Gasteiger partial charge in [0.1, 0.15) is 11.5 Å². The Morgan fingerprint density at radius 2 is 1.96 bits per heavy atom. The second kappa shape index (κ2) is 7.96. The van der Waals surface area contributed by atoms with Crippen molar-refractivity contribution in [3.05, 3.63) is 42.1 Å². The van der Waals surface area contributed by atoms with Crippen LogP contribution in [0.25, 0.3) is 0 Å². The highest BCUT2D eigenvalue weighted by Crippen LogP contribution is 2.39. The largest absolute Gasteiger partial charge is 0.350 e. The highest BCUT2D eigenvalue weighted by molar-refractivity contribution is 6.16. The molecule has 1 aromatic carbocycles. The molecule has 0 radical (unpaired) electrons. The molecule has 7 heteroatoms. The summed E-state index contributed by atoms with van der Waals surface area (Å²) >= 11 is 0. The highest BCUT2D eigenvalue weighted by atomic mass is 15.4. The minimum absolute atomic E-state index is 0.0610. The third-order valence-corrected chi connectivity index (χ3v) is 5.69. The van der Waals surface area contributed by atoms with Gasteiger partial charge in [0.2, 0.25) is 5.95 Å². The molecule has 0 bridgehead atoms. The summed E-state index contributed by atoms with van der Waals surface area (Å²) in [4.78, 5) is 13.2. The predicted octanol–water partition coefficient (Wildman–Crippen LogP) is 4.02. The molecule has 28 heavy (non-hydrogen) atoms. The SMILES string of the molecule is CCC1C(=N)N(C=N)c2cnc(NCc3ccccc3)nc2N1C1CCCC1. The number of nitrogens with one attached hydrogen (secondary N) is 3. The first-order valence-corrected chi connectivity index (χ1v) is 10.0. The normalized spacial score (nSPS) is 19.6. The Bertz CT molecular complexity index is 845. The Morgan fingerprint density at radius 3 is 2.64 bits per heavy atom. The molecule has 1 aliphatic heterocycles. The summed E-state index contributed by atoms with van der Waals surface area (Å²) in [6.07, 6.45) is 8.46. The lowest BCUT2D eigenvalue weighted by Gasteiger charge is -2.44. The van der Waals surface area contributed by atoms with E-state index in [1.165, 1.54) is 24.7 Å². The van der Waals surface area contributed by atoms with Crippen LogP contribution in [0.15, 0.2) is 36.5 Å². The third kappa shape index (κ3) is 3.32. The monoisotopic (exact) mass is 377 g/mol. The standard InChI is InChI=1S/C21H27N7/c1-2-17-19(23)27(14-22)18-13-25-21(24-12-15-8-4-3-5-9-15)26-20(18)28(17)16-10-6-7-11-16/h3-5,8-9,13-14,16-17,22-23H,2,6-7,10-12H2,1H3,(H,24,25,26). The maximum absolute atomic E-state index is 8.64. The van der Waals surface area contributed by atoms with Crippen molar-refractivity contribution in [3.63, 3.8) is 0 Å². The molecular formula is C21H27N7. The van der Waals surface area contributed by atoms with E-state index < -0.39 is 0 Å². The average molecular weight is 377 g/mol. The number of benzene rings is 1. The Kier molecular flexibility index (Phi) is 5.23. The van der Waals surface area contributed by atoms with Gasteiger partial charge in [-0.25, -0.2) is 4.98 Å². The van der Waals surface area contributed by atoms with Crippen LogP contribution in [0.1, 0.15) is 44.6 Å². The van der Waals surface area contributed by atoms with E-state index in [0.29, 0.717) is 24.4 Å². The number of fused-ring (bicyclic) bond motifs is 1. The predicted molar refractivity (Wildman–Crippen MR) is 114 cm³/mol. The molecule has 0 spiro atoms. The van der Waals surface area contributed by atoms with Gasteiger partial charge in [-0.1, -0.05) is 50.1 Å². The minimum Gasteiger partial charge on any atom is -0.350 e. The third-order valence-electron chi connectivity index (χ3n) is 5.69. The van der Waals surface area contributed by atoms with Crippen molar-refractivity contribution in [2.45, 2.75) is 57.7 Å². The van der Waals surface area contributed by atoms with Crippen LogP contribution < -0.4 is 15.1 Å². The zero-order valence-corrected chi connectivity index (χ0v) is 16.2. The second-order valence-electron chi connectivity index (χ2n) is 7.40. The molecule has 0 amide bonds. The topological polar surface area (TPSA) is 92.0 Å². The van der Waals surface area contributed by atoms with Crippen molar-refractivity contribution in [2.24, 2.45) is 0 Å². The maximum Gasteiger partial charge on any atom is 0.225 e. The zero-order chi connectivity index (χ0) is 19.5. The van der Waals surface area contributed by atoms with E-state index in [1.54, 1.807) is 11.1 Å². The molecule has 1 atom stereocenters. The Hall–Kier alpha value is -2.96. The quantitative estimate of drug-likeness (QED) is 0.522. The fraction of sp³-hybridized carbons (Fsp3) is 0.429. The van der Waals surface area contributed by atoms with Crippen LogP contribution in [0, 0.1) is 10.8 Å². The Labute approximate surface area is 165 Å². The van der Waals surface area contributed by atoms with Crippen molar-refractivity contribution in [2.75, 3.05) is 15.1 Å². The molecule has 7 nitrogen and oxygen atoms in total. The molecule has 146 valence electrons. The molecule has 4 rings (SSSR count). The van der Waals surface area contributed by atoms with Crippen molar-refractivity contribution < 1.29 is 0 Å².